The molecule has 0 fully saturated rings. The molecule has 2 aromatic rings. The maximum absolute atomic E-state index is 11.9. The second-order valence-electron chi connectivity index (χ2n) is 5.35. The van der Waals surface area contributed by atoms with Crippen molar-refractivity contribution in [2.24, 2.45) is 0 Å². The number of carbonyl (C=O) groups is 2. The fraction of sp³-hybridized carbons (Fsp3) is 0.200. The van der Waals surface area contributed by atoms with E-state index in [1.54, 1.807) is 13.0 Å². The Hall–Kier alpha value is -2.88. The molecule has 124 valence electrons. The van der Waals surface area contributed by atoms with Gasteiger partial charge in [-0.15, -0.1) is 0 Å². The van der Waals surface area contributed by atoms with Crippen molar-refractivity contribution in [1.29, 1.82) is 0 Å². The number of ether oxygens (including phenoxy) is 1. The number of carbonyl (C=O) groups excluding carboxylic acids is 2. The summed E-state index contributed by atoms with van der Waals surface area (Å²) in [6.45, 7) is 2.07. The summed E-state index contributed by atoms with van der Waals surface area (Å²) < 4.78 is 5.10. The van der Waals surface area contributed by atoms with Crippen molar-refractivity contribution in [3.8, 4) is 0 Å². The molecule has 1 amide bonds. The van der Waals surface area contributed by atoms with Crippen LogP contribution in [-0.2, 0) is 20.7 Å². The van der Waals surface area contributed by atoms with Crippen LogP contribution in [0.3, 0.4) is 0 Å². The van der Waals surface area contributed by atoms with Crippen LogP contribution in [0.1, 0.15) is 18.1 Å². The summed E-state index contributed by atoms with van der Waals surface area (Å²) in [5.74, 6) is -0.836. The third-order valence-electron chi connectivity index (χ3n) is 3.43. The Morgan fingerprint density at radius 1 is 1.04 bits per heavy atom. The molecule has 0 radical (unpaired) electrons. The molecule has 24 heavy (non-hydrogen) atoms. The molecule has 0 saturated carbocycles. The zero-order chi connectivity index (χ0) is 17.2. The summed E-state index contributed by atoms with van der Waals surface area (Å²) in [4.78, 5) is 23.7. The SMILES string of the molecule is CC(OC(=O)/C=C/c1ccccc1)C(=O)NCCc1ccccc1. The van der Waals surface area contributed by atoms with Gasteiger partial charge in [-0.1, -0.05) is 60.7 Å². The normalized spacial score (nSPS) is 11.9. The predicted molar refractivity (Wildman–Crippen MR) is 94.2 cm³/mol. The van der Waals surface area contributed by atoms with Crippen LogP contribution >= 0.6 is 0 Å². The monoisotopic (exact) mass is 323 g/mol. The lowest BCUT2D eigenvalue weighted by Crippen LogP contribution is -2.36. The molecule has 4 heteroatoms. The highest BCUT2D eigenvalue weighted by Gasteiger charge is 2.15. The molecule has 0 aromatic heterocycles. The predicted octanol–water partition coefficient (Wildman–Crippen LogP) is 2.99. The summed E-state index contributed by atoms with van der Waals surface area (Å²) in [5.41, 5.74) is 2.04. The van der Waals surface area contributed by atoms with Crippen LogP contribution in [0.4, 0.5) is 0 Å². The van der Waals surface area contributed by atoms with Gasteiger partial charge in [0.2, 0.25) is 0 Å². The Morgan fingerprint density at radius 2 is 1.67 bits per heavy atom. The van der Waals surface area contributed by atoms with Crippen molar-refractivity contribution in [3.05, 3.63) is 77.9 Å². The van der Waals surface area contributed by atoms with Gasteiger partial charge in [-0.2, -0.15) is 0 Å². The molecule has 1 unspecified atom stereocenters. The van der Waals surface area contributed by atoms with Gasteiger partial charge in [0.25, 0.3) is 5.91 Å². The molecule has 2 rings (SSSR count). The third kappa shape index (κ3) is 6.08. The van der Waals surface area contributed by atoms with Gasteiger partial charge in [0.05, 0.1) is 0 Å². The Labute approximate surface area is 142 Å². The highest BCUT2D eigenvalue weighted by atomic mass is 16.5. The van der Waals surface area contributed by atoms with Crippen LogP contribution in [0.2, 0.25) is 0 Å². The largest absolute Gasteiger partial charge is 0.449 e. The first-order chi connectivity index (χ1) is 11.6. The quantitative estimate of drug-likeness (QED) is 0.629. The Kier molecular flexibility index (Phi) is 6.77. The second kappa shape index (κ2) is 9.30. The van der Waals surface area contributed by atoms with Crippen molar-refractivity contribution < 1.29 is 14.3 Å². The van der Waals surface area contributed by atoms with E-state index in [2.05, 4.69) is 5.32 Å². The maximum Gasteiger partial charge on any atom is 0.331 e. The van der Waals surface area contributed by atoms with E-state index in [1.807, 2.05) is 60.7 Å². The van der Waals surface area contributed by atoms with E-state index in [4.69, 9.17) is 4.74 Å². The van der Waals surface area contributed by atoms with Crippen molar-refractivity contribution in [1.82, 2.24) is 5.32 Å². The van der Waals surface area contributed by atoms with Gasteiger partial charge in [0, 0.05) is 12.6 Å². The van der Waals surface area contributed by atoms with Gasteiger partial charge >= 0.3 is 5.97 Å². The third-order valence-corrected chi connectivity index (χ3v) is 3.43. The first-order valence-electron chi connectivity index (χ1n) is 7.90. The number of rotatable bonds is 7. The molecule has 1 N–H and O–H groups in total. The Balaban J connectivity index is 1.72. The fourth-order valence-electron chi connectivity index (χ4n) is 2.11. The lowest BCUT2D eigenvalue weighted by atomic mass is 10.1. The van der Waals surface area contributed by atoms with E-state index in [-0.39, 0.29) is 5.91 Å². The average molecular weight is 323 g/mol. The van der Waals surface area contributed by atoms with E-state index in [9.17, 15) is 9.59 Å². The molecule has 0 aliphatic carbocycles. The zero-order valence-electron chi connectivity index (χ0n) is 13.6. The number of benzene rings is 2. The number of hydrogen-bond acceptors (Lipinski definition) is 3. The first kappa shape index (κ1) is 17.5. The topological polar surface area (TPSA) is 55.4 Å². The van der Waals surface area contributed by atoms with E-state index in [1.165, 1.54) is 6.08 Å². The second-order valence-corrected chi connectivity index (χ2v) is 5.35. The van der Waals surface area contributed by atoms with E-state index in [0.29, 0.717) is 6.54 Å². The smallest absolute Gasteiger partial charge is 0.331 e. The highest BCUT2D eigenvalue weighted by Crippen LogP contribution is 2.02. The number of esters is 1. The van der Waals surface area contributed by atoms with Crippen molar-refractivity contribution >= 4 is 18.0 Å². The highest BCUT2D eigenvalue weighted by molar-refractivity contribution is 5.90. The molecular formula is C20H21NO3. The first-order valence-corrected chi connectivity index (χ1v) is 7.90. The van der Waals surface area contributed by atoms with Gasteiger partial charge in [-0.25, -0.2) is 4.79 Å². The molecule has 2 aromatic carbocycles. The van der Waals surface area contributed by atoms with Gasteiger partial charge < -0.3 is 10.1 Å². The lowest BCUT2D eigenvalue weighted by Gasteiger charge is -2.12. The van der Waals surface area contributed by atoms with Gasteiger partial charge in [0.15, 0.2) is 6.10 Å². The molecule has 0 bridgehead atoms. The van der Waals surface area contributed by atoms with Crippen LogP contribution in [0.5, 0.6) is 0 Å². The van der Waals surface area contributed by atoms with Gasteiger partial charge in [-0.3, -0.25) is 4.79 Å². The Bertz CT molecular complexity index is 681. The van der Waals surface area contributed by atoms with Crippen LogP contribution < -0.4 is 5.32 Å². The standard InChI is InChI=1S/C20H21NO3/c1-16(20(23)21-15-14-18-10-6-3-7-11-18)24-19(22)13-12-17-8-4-2-5-9-17/h2-13,16H,14-15H2,1H3,(H,21,23)/b13-12+. The molecule has 0 saturated heterocycles. The van der Waals surface area contributed by atoms with E-state index < -0.39 is 12.1 Å². The van der Waals surface area contributed by atoms with E-state index in [0.717, 1.165) is 17.5 Å². The minimum Gasteiger partial charge on any atom is -0.449 e. The van der Waals surface area contributed by atoms with Crippen molar-refractivity contribution in [3.63, 3.8) is 0 Å². The number of nitrogens with one attached hydrogen (secondary N) is 1. The molecule has 1 atom stereocenters. The van der Waals surface area contributed by atoms with Crippen molar-refractivity contribution in [2.75, 3.05) is 6.54 Å². The van der Waals surface area contributed by atoms with E-state index >= 15 is 0 Å². The van der Waals surface area contributed by atoms with Crippen molar-refractivity contribution in [2.45, 2.75) is 19.4 Å². The summed E-state index contributed by atoms with van der Waals surface area (Å²) in [7, 11) is 0. The van der Waals surface area contributed by atoms with Gasteiger partial charge in [0.1, 0.15) is 0 Å². The summed E-state index contributed by atoms with van der Waals surface area (Å²) >= 11 is 0. The summed E-state index contributed by atoms with van der Waals surface area (Å²) in [6.07, 6.45) is 2.89. The molecular weight excluding hydrogens is 302 g/mol. The number of amides is 1. The fourth-order valence-corrected chi connectivity index (χ4v) is 2.11. The lowest BCUT2D eigenvalue weighted by molar-refractivity contribution is -0.150. The molecule has 0 spiro atoms. The van der Waals surface area contributed by atoms with Crippen LogP contribution in [0.25, 0.3) is 6.08 Å². The molecule has 0 heterocycles. The molecule has 4 nitrogen and oxygen atoms in total. The molecule has 0 aliphatic heterocycles. The minimum atomic E-state index is -0.825. The van der Waals surface area contributed by atoms with Crippen LogP contribution in [-0.4, -0.2) is 24.5 Å². The zero-order valence-corrected chi connectivity index (χ0v) is 13.6. The van der Waals surface area contributed by atoms with Gasteiger partial charge in [-0.05, 0) is 30.5 Å². The number of hydrogen-bond donors (Lipinski definition) is 1. The molecule has 0 aliphatic rings. The van der Waals surface area contributed by atoms with Crippen LogP contribution in [0, 0.1) is 0 Å². The maximum atomic E-state index is 11.9. The summed E-state index contributed by atoms with van der Waals surface area (Å²) in [5, 5.41) is 2.77. The van der Waals surface area contributed by atoms with Crippen LogP contribution in [0.15, 0.2) is 66.7 Å². The average Bonchev–Trinajstić information content (AvgIpc) is 2.61. The minimum absolute atomic E-state index is 0.299. The Morgan fingerprint density at radius 3 is 2.33 bits per heavy atom. The summed E-state index contributed by atoms with van der Waals surface area (Å²) in [6, 6.07) is 19.3.